The molecule has 0 radical (unpaired) electrons. The summed E-state index contributed by atoms with van der Waals surface area (Å²) in [6, 6.07) is 25.3. The van der Waals surface area contributed by atoms with E-state index in [0.717, 1.165) is 61.2 Å². The summed E-state index contributed by atoms with van der Waals surface area (Å²) in [6.45, 7) is 5.71. The SMILES string of the molecule is COc1ccc(NC(=O)N(CCN2CCOCC2)Cc2ccc(OCc3ccccc3)cc2)cc1. The van der Waals surface area contributed by atoms with Crippen molar-refractivity contribution in [2.75, 3.05) is 51.8 Å². The average Bonchev–Trinajstić information content (AvgIpc) is 2.92. The Balaban J connectivity index is 1.38. The van der Waals surface area contributed by atoms with E-state index in [9.17, 15) is 4.79 Å². The first kappa shape index (κ1) is 24.6. The van der Waals surface area contributed by atoms with Crippen molar-refractivity contribution in [2.24, 2.45) is 0 Å². The zero-order valence-electron chi connectivity index (χ0n) is 20.2. The third-order valence-corrected chi connectivity index (χ3v) is 5.96. The molecule has 35 heavy (non-hydrogen) atoms. The second-order valence-electron chi connectivity index (χ2n) is 8.45. The van der Waals surface area contributed by atoms with Crippen LogP contribution in [-0.2, 0) is 17.9 Å². The molecular weight excluding hydrogens is 442 g/mol. The third-order valence-electron chi connectivity index (χ3n) is 5.96. The lowest BCUT2D eigenvalue weighted by Crippen LogP contribution is -2.44. The molecule has 3 aromatic rings. The first-order valence-corrected chi connectivity index (χ1v) is 12.0. The van der Waals surface area contributed by atoms with Crippen molar-refractivity contribution in [3.63, 3.8) is 0 Å². The Hall–Kier alpha value is -3.55. The summed E-state index contributed by atoms with van der Waals surface area (Å²) in [4.78, 5) is 17.4. The topological polar surface area (TPSA) is 63.3 Å². The van der Waals surface area contributed by atoms with Gasteiger partial charge in [-0.2, -0.15) is 0 Å². The average molecular weight is 476 g/mol. The smallest absolute Gasteiger partial charge is 0.322 e. The zero-order valence-corrected chi connectivity index (χ0v) is 20.2. The minimum Gasteiger partial charge on any atom is -0.497 e. The molecule has 4 rings (SSSR count). The van der Waals surface area contributed by atoms with Gasteiger partial charge in [-0.1, -0.05) is 42.5 Å². The van der Waals surface area contributed by atoms with Gasteiger partial charge in [-0.05, 0) is 47.5 Å². The summed E-state index contributed by atoms with van der Waals surface area (Å²) in [5, 5.41) is 3.01. The van der Waals surface area contributed by atoms with E-state index in [4.69, 9.17) is 14.2 Å². The molecule has 1 saturated heterocycles. The van der Waals surface area contributed by atoms with Crippen LogP contribution in [0.5, 0.6) is 11.5 Å². The van der Waals surface area contributed by atoms with Crippen molar-refractivity contribution in [1.29, 1.82) is 0 Å². The van der Waals surface area contributed by atoms with Crippen molar-refractivity contribution < 1.29 is 19.0 Å². The van der Waals surface area contributed by atoms with E-state index in [0.29, 0.717) is 19.7 Å². The largest absolute Gasteiger partial charge is 0.497 e. The van der Waals surface area contributed by atoms with E-state index in [2.05, 4.69) is 10.2 Å². The summed E-state index contributed by atoms with van der Waals surface area (Å²) in [6.07, 6.45) is 0. The lowest BCUT2D eigenvalue weighted by molar-refractivity contribution is 0.0349. The minimum absolute atomic E-state index is 0.132. The molecule has 7 nitrogen and oxygen atoms in total. The molecule has 0 aromatic heterocycles. The molecule has 1 fully saturated rings. The molecule has 184 valence electrons. The van der Waals surface area contributed by atoms with Gasteiger partial charge in [0.05, 0.1) is 20.3 Å². The van der Waals surface area contributed by atoms with E-state index in [-0.39, 0.29) is 6.03 Å². The number of nitrogens with zero attached hydrogens (tertiary/aromatic N) is 2. The van der Waals surface area contributed by atoms with Crippen molar-refractivity contribution >= 4 is 11.7 Å². The second-order valence-corrected chi connectivity index (χ2v) is 8.45. The van der Waals surface area contributed by atoms with Gasteiger partial charge in [-0.25, -0.2) is 4.79 Å². The fourth-order valence-electron chi connectivity index (χ4n) is 3.87. The number of hydrogen-bond donors (Lipinski definition) is 1. The number of ether oxygens (including phenoxy) is 3. The van der Waals surface area contributed by atoms with Gasteiger partial charge >= 0.3 is 6.03 Å². The Bertz CT molecular complexity index is 1040. The maximum atomic E-state index is 13.2. The molecule has 3 aromatic carbocycles. The van der Waals surface area contributed by atoms with Gasteiger partial charge < -0.3 is 24.4 Å². The lowest BCUT2D eigenvalue weighted by Gasteiger charge is -2.30. The number of anilines is 1. The number of carbonyl (C=O) groups excluding carboxylic acids is 1. The summed E-state index contributed by atoms with van der Waals surface area (Å²) >= 11 is 0. The van der Waals surface area contributed by atoms with E-state index < -0.39 is 0 Å². The molecule has 0 spiro atoms. The maximum absolute atomic E-state index is 13.2. The van der Waals surface area contributed by atoms with E-state index in [1.165, 1.54) is 0 Å². The fraction of sp³-hybridized carbons (Fsp3) is 0.321. The van der Waals surface area contributed by atoms with Gasteiger partial charge in [0.25, 0.3) is 0 Å². The molecule has 0 saturated carbocycles. The van der Waals surface area contributed by atoms with Crippen LogP contribution >= 0.6 is 0 Å². The Kier molecular flexibility index (Phi) is 8.98. The van der Waals surface area contributed by atoms with Crippen LogP contribution in [0.15, 0.2) is 78.9 Å². The number of carbonyl (C=O) groups is 1. The molecule has 0 bridgehead atoms. The predicted octanol–water partition coefficient (Wildman–Crippen LogP) is 4.64. The molecule has 1 N–H and O–H groups in total. The fourth-order valence-corrected chi connectivity index (χ4v) is 3.87. The van der Waals surface area contributed by atoms with E-state index in [1.54, 1.807) is 7.11 Å². The van der Waals surface area contributed by atoms with Crippen molar-refractivity contribution in [3.05, 3.63) is 90.0 Å². The highest BCUT2D eigenvalue weighted by Gasteiger charge is 2.17. The summed E-state index contributed by atoms with van der Waals surface area (Å²) < 4.78 is 16.6. The van der Waals surface area contributed by atoms with E-state index >= 15 is 0 Å². The van der Waals surface area contributed by atoms with Crippen LogP contribution in [0.25, 0.3) is 0 Å². The van der Waals surface area contributed by atoms with Crippen LogP contribution in [0.3, 0.4) is 0 Å². The number of nitrogens with one attached hydrogen (secondary N) is 1. The number of rotatable bonds is 10. The quantitative estimate of drug-likeness (QED) is 0.463. The number of methoxy groups -OCH3 is 1. The summed E-state index contributed by atoms with van der Waals surface area (Å²) in [5.74, 6) is 1.56. The first-order chi connectivity index (χ1) is 17.2. The zero-order chi connectivity index (χ0) is 24.3. The number of amides is 2. The molecule has 0 atom stereocenters. The molecule has 1 aliphatic rings. The first-order valence-electron chi connectivity index (χ1n) is 12.0. The van der Waals surface area contributed by atoms with Gasteiger partial charge in [0.15, 0.2) is 0 Å². The molecule has 7 heteroatoms. The van der Waals surface area contributed by atoms with Crippen LogP contribution in [0, 0.1) is 0 Å². The van der Waals surface area contributed by atoms with Gasteiger partial charge in [-0.3, -0.25) is 4.90 Å². The third kappa shape index (κ3) is 7.73. The van der Waals surface area contributed by atoms with E-state index in [1.807, 2.05) is 83.8 Å². The van der Waals surface area contributed by atoms with Gasteiger partial charge in [-0.15, -0.1) is 0 Å². The molecule has 0 unspecified atom stereocenters. The van der Waals surface area contributed by atoms with Crippen LogP contribution in [0.1, 0.15) is 11.1 Å². The Labute approximate surface area is 207 Å². The minimum atomic E-state index is -0.132. The highest BCUT2D eigenvalue weighted by atomic mass is 16.5. The van der Waals surface area contributed by atoms with Crippen LogP contribution in [0.2, 0.25) is 0 Å². The Morgan fingerprint density at radius 2 is 1.60 bits per heavy atom. The summed E-state index contributed by atoms with van der Waals surface area (Å²) in [7, 11) is 1.62. The maximum Gasteiger partial charge on any atom is 0.322 e. The van der Waals surface area contributed by atoms with Gasteiger partial charge in [0.1, 0.15) is 18.1 Å². The monoisotopic (exact) mass is 475 g/mol. The summed E-state index contributed by atoms with van der Waals surface area (Å²) in [5.41, 5.74) is 2.90. The molecule has 0 aliphatic carbocycles. The number of benzene rings is 3. The van der Waals surface area contributed by atoms with Crippen molar-refractivity contribution in [1.82, 2.24) is 9.80 Å². The van der Waals surface area contributed by atoms with Crippen LogP contribution < -0.4 is 14.8 Å². The number of morpholine rings is 1. The van der Waals surface area contributed by atoms with Crippen molar-refractivity contribution in [2.45, 2.75) is 13.2 Å². The highest BCUT2D eigenvalue weighted by molar-refractivity contribution is 5.89. The van der Waals surface area contributed by atoms with Gasteiger partial charge in [0.2, 0.25) is 0 Å². The highest BCUT2D eigenvalue weighted by Crippen LogP contribution is 2.18. The predicted molar refractivity (Wildman–Crippen MR) is 137 cm³/mol. The number of hydrogen-bond acceptors (Lipinski definition) is 5. The number of urea groups is 1. The van der Waals surface area contributed by atoms with Crippen LogP contribution in [0.4, 0.5) is 10.5 Å². The van der Waals surface area contributed by atoms with Gasteiger partial charge in [0, 0.05) is 38.4 Å². The Morgan fingerprint density at radius 3 is 2.29 bits per heavy atom. The standard InChI is InChI=1S/C28H33N3O4/c1-33-26-13-9-25(10-14-26)29-28(32)31(16-15-30-17-19-34-20-18-30)21-23-7-11-27(12-8-23)35-22-24-5-3-2-4-6-24/h2-14H,15-22H2,1H3,(H,29,32). The second kappa shape index (κ2) is 12.8. The van der Waals surface area contributed by atoms with Crippen molar-refractivity contribution in [3.8, 4) is 11.5 Å². The molecular formula is C28H33N3O4. The lowest BCUT2D eigenvalue weighted by atomic mass is 10.2. The molecule has 1 heterocycles. The molecule has 2 amide bonds. The molecule has 1 aliphatic heterocycles. The van der Waals surface area contributed by atoms with Crippen LogP contribution in [-0.4, -0.2) is 62.3 Å². The Morgan fingerprint density at radius 1 is 0.914 bits per heavy atom. The normalized spacial score (nSPS) is 13.7.